The minimum atomic E-state index is -1.41. The largest absolute Gasteiger partial charge is 0.424 e. The van der Waals surface area contributed by atoms with E-state index in [2.05, 4.69) is 65.5 Å². The summed E-state index contributed by atoms with van der Waals surface area (Å²) in [6.07, 6.45) is 0. The molecule has 0 unspecified atom stereocenters. The Morgan fingerprint density at radius 3 is 1.88 bits per heavy atom. The van der Waals surface area contributed by atoms with Crippen LogP contribution in [0.1, 0.15) is 0 Å². The highest BCUT2D eigenvalue weighted by molar-refractivity contribution is 9.10. The van der Waals surface area contributed by atoms with Gasteiger partial charge in [0.15, 0.2) is 0 Å². The highest BCUT2D eigenvalue weighted by Gasteiger charge is 2.35. The molecule has 5 heteroatoms. The van der Waals surface area contributed by atoms with Gasteiger partial charge in [-0.05, 0) is 28.1 Å². The van der Waals surface area contributed by atoms with Crippen molar-refractivity contribution >= 4 is 49.7 Å². The van der Waals surface area contributed by atoms with Gasteiger partial charge >= 0.3 is 0 Å². The zero-order valence-electron chi connectivity index (χ0n) is 11.4. The SMILES string of the molecule is C[Si](C)(C)N(c1cccc(Cl)c1Br)[Si](C)(C)C. The van der Waals surface area contributed by atoms with Crippen LogP contribution in [0.15, 0.2) is 22.7 Å². The number of nitrogens with zero attached hydrogens (tertiary/aromatic N) is 1. The lowest BCUT2D eigenvalue weighted by molar-refractivity contribution is 1.34. The van der Waals surface area contributed by atoms with E-state index >= 15 is 0 Å². The highest BCUT2D eigenvalue weighted by atomic mass is 79.9. The van der Waals surface area contributed by atoms with Gasteiger partial charge in [0.05, 0.1) is 9.50 Å². The molecular formula is C12H21BrClNSi2. The van der Waals surface area contributed by atoms with Crippen molar-refractivity contribution in [3.05, 3.63) is 27.7 Å². The number of rotatable bonds is 3. The Hall–Kier alpha value is 0.224. The molecular weight excluding hydrogens is 330 g/mol. The van der Waals surface area contributed by atoms with Crippen LogP contribution in [0.25, 0.3) is 0 Å². The molecule has 0 N–H and O–H groups in total. The predicted octanol–water partition coefficient (Wildman–Crippen LogP) is 5.58. The summed E-state index contributed by atoms with van der Waals surface area (Å²) in [5.74, 6) is 0. The lowest BCUT2D eigenvalue weighted by Gasteiger charge is -2.46. The van der Waals surface area contributed by atoms with E-state index in [0.717, 1.165) is 9.50 Å². The molecule has 0 aliphatic rings. The lowest BCUT2D eigenvalue weighted by Crippen LogP contribution is -2.59. The fourth-order valence-corrected chi connectivity index (χ4v) is 13.2. The number of halogens is 2. The van der Waals surface area contributed by atoms with E-state index < -0.39 is 16.5 Å². The van der Waals surface area contributed by atoms with Crippen LogP contribution in [0.2, 0.25) is 44.3 Å². The second-order valence-corrected chi connectivity index (χ2v) is 17.5. The molecule has 0 aliphatic carbocycles. The molecule has 0 aliphatic heterocycles. The van der Waals surface area contributed by atoms with Crippen molar-refractivity contribution in [2.24, 2.45) is 0 Å². The van der Waals surface area contributed by atoms with Gasteiger partial charge in [0, 0.05) is 5.69 Å². The Bertz CT molecular complexity index is 396. The predicted molar refractivity (Wildman–Crippen MR) is 88.3 cm³/mol. The Kier molecular flexibility index (Phi) is 4.56. The van der Waals surface area contributed by atoms with Gasteiger partial charge in [0.1, 0.15) is 16.5 Å². The van der Waals surface area contributed by atoms with E-state index in [4.69, 9.17) is 11.6 Å². The average Bonchev–Trinajstić information content (AvgIpc) is 2.08. The van der Waals surface area contributed by atoms with Crippen LogP contribution in [0.5, 0.6) is 0 Å². The van der Waals surface area contributed by atoms with E-state index in [1.165, 1.54) is 5.69 Å². The van der Waals surface area contributed by atoms with Crippen LogP contribution < -0.4 is 4.23 Å². The van der Waals surface area contributed by atoms with Crippen LogP contribution in [0.3, 0.4) is 0 Å². The Morgan fingerprint density at radius 1 is 1.00 bits per heavy atom. The minimum Gasteiger partial charge on any atom is -0.424 e. The molecule has 96 valence electrons. The molecule has 1 rings (SSSR count). The fraction of sp³-hybridized carbons (Fsp3) is 0.500. The molecule has 0 saturated heterocycles. The van der Waals surface area contributed by atoms with E-state index in [1.807, 2.05) is 12.1 Å². The second-order valence-electron chi connectivity index (χ2n) is 6.25. The molecule has 0 spiro atoms. The average molecular weight is 351 g/mol. The molecule has 0 saturated carbocycles. The van der Waals surface area contributed by atoms with Gasteiger partial charge in [0.2, 0.25) is 0 Å². The minimum absolute atomic E-state index is 0.795. The molecule has 0 amide bonds. The van der Waals surface area contributed by atoms with Crippen molar-refractivity contribution in [2.45, 2.75) is 39.3 Å². The van der Waals surface area contributed by atoms with E-state index in [9.17, 15) is 0 Å². The maximum absolute atomic E-state index is 6.22. The van der Waals surface area contributed by atoms with Crippen molar-refractivity contribution in [1.29, 1.82) is 0 Å². The third-order valence-corrected chi connectivity index (χ3v) is 11.1. The highest BCUT2D eigenvalue weighted by Crippen LogP contribution is 2.37. The zero-order chi connectivity index (χ0) is 13.4. The van der Waals surface area contributed by atoms with E-state index in [0.29, 0.717) is 0 Å². The molecule has 0 aromatic heterocycles. The van der Waals surface area contributed by atoms with Gasteiger partial charge in [-0.25, -0.2) is 0 Å². The quantitative estimate of drug-likeness (QED) is 0.643. The summed E-state index contributed by atoms with van der Waals surface area (Å²) in [6.45, 7) is 14.3. The maximum Gasteiger partial charge on any atom is 0.138 e. The monoisotopic (exact) mass is 349 g/mol. The first-order valence-electron chi connectivity index (χ1n) is 5.79. The molecule has 1 aromatic carbocycles. The fourth-order valence-electron chi connectivity index (χ4n) is 2.39. The maximum atomic E-state index is 6.22. The Labute approximate surface area is 120 Å². The summed E-state index contributed by atoms with van der Waals surface area (Å²) in [5.41, 5.74) is 1.26. The molecule has 0 bridgehead atoms. The lowest BCUT2D eigenvalue weighted by atomic mass is 10.3. The van der Waals surface area contributed by atoms with Crippen LogP contribution >= 0.6 is 27.5 Å². The van der Waals surface area contributed by atoms with Gasteiger partial charge in [-0.1, -0.05) is 56.9 Å². The number of hydrogen-bond donors (Lipinski definition) is 0. The first-order valence-corrected chi connectivity index (χ1v) is 13.9. The van der Waals surface area contributed by atoms with Crippen molar-refractivity contribution in [3.63, 3.8) is 0 Å². The number of hydrogen-bond acceptors (Lipinski definition) is 1. The third kappa shape index (κ3) is 3.59. The summed E-state index contributed by atoms with van der Waals surface area (Å²) < 4.78 is 3.70. The molecule has 0 fully saturated rings. The molecule has 1 nitrogen and oxygen atoms in total. The van der Waals surface area contributed by atoms with Gasteiger partial charge in [-0.3, -0.25) is 0 Å². The van der Waals surface area contributed by atoms with Crippen LogP contribution in [-0.2, 0) is 0 Å². The van der Waals surface area contributed by atoms with Gasteiger partial charge < -0.3 is 4.23 Å². The summed E-state index contributed by atoms with van der Waals surface area (Å²) in [4.78, 5) is 0. The molecule has 0 radical (unpaired) electrons. The first kappa shape index (κ1) is 15.3. The van der Waals surface area contributed by atoms with Gasteiger partial charge in [-0.2, -0.15) is 0 Å². The van der Waals surface area contributed by atoms with Crippen LogP contribution in [-0.4, -0.2) is 16.5 Å². The third-order valence-electron chi connectivity index (χ3n) is 2.51. The molecule has 0 heterocycles. The summed E-state index contributed by atoms with van der Waals surface area (Å²) in [5, 5.41) is 0.795. The molecule has 0 atom stereocenters. The molecule has 1 aromatic rings. The number of anilines is 1. The van der Waals surface area contributed by atoms with Crippen molar-refractivity contribution in [3.8, 4) is 0 Å². The standard InChI is InChI=1S/C12H21BrClNSi2/c1-16(2,3)15(17(4,5)6)11-9-7-8-10(14)12(11)13/h7-9H,1-6H3. The van der Waals surface area contributed by atoms with Crippen molar-refractivity contribution in [1.82, 2.24) is 0 Å². The van der Waals surface area contributed by atoms with Crippen LogP contribution in [0.4, 0.5) is 5.69 Å². The van der Waals surface area contributed by atoms with E-state index in [-0.39, 0.29) is 0 Å². The van der Waals surface area contributed by atoms with Gasteiger partial charge in [-0.15, -0.1) is 0 Å². The van der Waals surface area contributed by atoms with Gasteiger partial charge in [0.25, 0.3) is 0 Å². The topological polar surface area (TPSA) is 3.24 Å². The summed E-state index contributed by atoms with van der Waals surface area (Å²) in [6, 6.07) is 6.14. The Balaban J connectivity index is 3.39. The smallest absolute Gasteiger partial charge is 0.138 e. The van der Waals surface area contributed by atoms with Crippen molar-refractivity contribution < 1.29 is 0 Å². The summed E-state index contributed by atoms with van der Waals surface area (Å²) in [7, 11) is -2.82. The van der Waals surface area contributed by atoms with Crippen LogP contribution in [0, 0.1) is 0 Å². The Morgan fingerprint density at radius 2 is 1.47 bits per heavy atom. The second kappa shape index (κ2) is 5.07. The molecule has 17 heavy (non-hydrogen) atoms. The summed E-state index contributed by atoms with van der Waals surface area (Å²) >= 11 is 9.85. The normalized spacial score (nSPS) is 12.7. The number of benzene rings is 1. The first-order chi connectivity index (χ1) is 7.55. The zero-order valence-corrected chi connectivity index (χ0v) is 15.8. The van der Waals surface area contributed by atoms with Crippen molar-refractivity contribution in [2.75, 3.05) is 4.23 Å². The van der Waals surface area contributed by atoms with E-state index in [1.54, 1.807) is 0 Å².